The normalized spacial score (nSPS) is 17.0. The van der Waals surface area contributed by atoms with Crippen LogP contribution in [-0.4, -0.2) is 81.3 Å². The number of aromatic nitrogens is 4. The largest absolute Gasteiger partial charge is 0.393 e. The molecule has 6 rings (SSSR count). The Labute approximate surface area is 221 Å². The first-order valence-corrected chi connectivity index (χ1v) is 14.0. The van der Waals surface area contributed by atoms with E-state index in [2.05, 4.69) is 21.8 Å². The number of hydrogen-bond donors (Lipinski definition) is 2. The number of ether oxygens (including phenoxy) is 1. The Kier molecular flexibility index (Phi) is 6.49. The summed E-state index contributed by atoms with van der Waals surface area (Å²) in [5.74, 6) is 1.66. The summed E-state index contributed by atoms with van der Waals surface area (Å²) in [6.45, 7) is 6.03. The van der Waals surface area contributed by atoms with E-state index in [4.69, 9.17) is 20.4 Å². The van der Waals surface area contributed by atoms with Crippen molar-refractivity contribution in [1.29, 1.82) is 0 Å². The summed E-state index contributed by atoms with van der Waals surface area (Å²) in [6, 6.07) is 1.98. The van der Waals surface area contributed by atoms with Gasteiger partial charge >= 0.3 is 0 Å². The lowest BCUT2D eigenvalue weighted by Gasteiger charge is -2.29. The summed E-state index contributed by atoms with van der Waals surface area (Å²) < 4.78 is 6.59. The van der Waals surface area contributed by atoms with Gasteiger partial charge in [0.15, 0.2) is 11.6 Å². The molecule has 2 fully saturated rings. The van der Waals surface area contributed by atoms with E-state index >= 15 is 0 Å². The van der Waals surface area contributed by atoms with Crippen molar-refractivity contribution < 1.29 is 14.6 Å². The minimum atomic E-state index is -0.310. The van der Waals surface area contributed by atoms with Gasteiger partial charge in [-0.2, -0.15) is 0 Å². The zero-order valence-electron chi connectivity index (χ0n) is 20.4. The third-order valence-electron chi connectivity index (χ3n) is 6.81. The third-order valence-corrected chi connectivity index (χ3v) is 9.06. The molecule has 0 atom stereocenters. The quantitative estimate of drug-likeness (QED) is 0.403. The first-order valence-electron chi connectivity index (χ1n) is 12.3. The molecule has 0 unspecified atom stereocenters. The van der Waals surface area contributed by atoms with Gasteiger partial charge in [-0.05, 0) is 31.4 Å². The molecule has 2 aliphatic heterocycles. The number of aliphatic hydroxyl groups excluding tert-OH is 1. The van der Waals surface area contributed by atoms with E-state index in [1.165, 1.54) is 11.3 Å². The first-order chi connectivity index (χ1) is 18.0. The van der Waals surface area contributed by atoms with Crippen LogP contribution in [-0.2, 0) is 4.74 Å². The van der Waals surface area contributed by atoms with Crippen molar-refractivity contribution in [2.24, 2.45) is 0 Å². The van der Waals surface area contributed by atoms with Crippen LogP contribution in [0.5, 0.6) is 0 Å². The molecule has 0 bridgehead atoms. The number of likely N-dealkylation sites (tertiary alicyclic amines) is 1. The number of nitrogens with two attached hydrogens (primary N) is 1. The summed E-state index contributed by atoms with van der Waals surface area (Å²) in [4.78, 5) is 37.1. The molecule has 6 heterocycles. The number of thiophene rings is 2. The summed E-state index contributed by atoms with van der Waals surface area (Å²) in [6.07, 6.45) is 4.24. The molecule has 0 radical (unpaired) electrons. The maximum atomic E-state index is 13.1. The van der Waals surface area contributed by atoms with E-state index in [-0.39, 0.29) is 18.0 Å². The highest BCUT2D eigenvalue weighted by Crippen LogP contribution is 2.43. The van der Waals surface area contributed by atoms with Crippen LogP contribution in [0.15, 0.2) is 23.8 Å². The Bertz CT molecular complexity index is 1440. The molecule has 3 N–H and O–H groups in total. The molecule has 2 aliphatic rings. The number of anilines is 2. The molecule has 0 spiro atoms. The lowest BCUT2D eigenvalue weighted by atomic mass is 10.1. The van der Waals surface area contributed by atoms with Gasteiger partial charge in [-0.1, -0.05) is 0 Å². The number of aliphatic hydroxyl groups is 1. The molecule has 4 aromatic heterocycles. The van der Waals surface area contributed by atoms with Crippen molar-refractivity contribution in [2.45, 2.75) is 25.9 Å². The number of nitrogen functional groups attached to an aromatic ring is 1. The van der Waals surface area contributed by atoms with Crippen LogP contribution in [0.1, 0.15) is 28.1 Å². The average Bonchev–Trinajstić information content (AvgIpc) is 3.54. The van der Waals surface area contributed by atoms with E-state index < -0.39 is 0 Å². The molecular formula is C25H27N7O3S2. The summed E-state index contributed by atoms with van der Waals surface area (Å²) in [5, 5.41) is 11.8. The molecule has 0 saturated carbocycles. The Balaban J connectivity index is 1.40. The molecule has 192 valence electrons. The van der Waals surface area contributed by atoms with E-state index in [1.54, 1.807) is 23.7 Å². The predicted octanol–water partition coefficient (Wildman–Crippen LogP) is 3.20. The van der Waals surface area contributed by atoms with Crippen LogP contribution in [0.3, 0.4) is 0 Å². The number of morpholine rings is 1. The zero-order valence-corrected chi connectivity index (χ0v) is 22.0. The van der Waals surface area contributed by atoms with Gasteiger partial charge in [0.2, 0.25) is 5.95 Å². The number of carbonyl (C=O) groups is 1. The van der Waals surface area contributed by atoms with Gasteiger partial charge in [-0.15, -0.1) is 22.7 Å². The van der Waals surface area contributed by atoms with Gasteiger partial charge < -0.3 is 25.4 Å². The highest BCUT2D eigenvalue weighted by atomic mass is 32.1. The monoisotopic (exact) mass is 537 g/mol. The van der Waals surface area contributed by atoms with Gasteiger partial charge in [-0.3, -0.25) is 4.79 Å². The van der Waals surface area contributed by atoms with Gasteiger partial charge in [0.1, 0.15) is 0 Å². The summed E-state index contributed by atoms with van der Waals surface area (Å²) >= 11 is 3.12. The van der Waals surface area contributed by atoms with Crippen molar-refractivity contribution in [2.75, 3.05) is 50.0 Å². The fourth-order valence-corrected chi connectivity index (χ4v) is 6.90. The smallest absolute Gasteiger partial charge is 0.263 e. The van der Waals surface area contributed by atoms with Crippen LogP contribution in [0.4, 0.5) is 11.8 Å². The number of aryl methyl sites for hydroxylation is 1. The van der Waals surface area contributed by atoms with E-state index in [1.807, 2.05) is 16.3 Å². The van der Waals surface area contributed by atoms with Crippen molar-refractivity contribution in [3.63, 3.8) is 0 Å². The molecule has 10 nitrogen and oxygen atoms in total. The number of amides is 1. The number of rotatable bonds is 4. The molecule has 0 aliphatic carbocycles. The van der Waals surface area contributed by atoms with Gasteiger partial charge in [-0.25, -0.2) is 19.9 Å². The number of fused-ring (bicyclic) bond motifs is 1. The molecule has 4 aromatic rings. The molecule has 1 amide bonds. The SMILES string of the molecule is Cc1c(-c2csc(C(=O)N3CCC(O)CC3)c2)sc2c(N3CCOCC3)nc(-c3cnc(N)nc3)nc12. The van der Waals surface area contributed by atoms with Crippen LogP contribution >= 0.6 is 22.7 Å². The van der Waals surface area contributed by atoms with Gasteiger partial charge in [0, 0.05) is 54.4 Å². The summed E-state index contributed by atoms with van der Waals surface area (Å²) in [7, 11) is 0. The zero-order chi connectivity index (χ0) is 25.5. The minimum Gasteiger partial charge on any atom is -0.393 e. The lowest BCUT2D eigenvalue weighted by molar-refractivity contribution is 0.0550. The molecule has 37 heavy (non-hydrogen) atoms. The summed E-state index contributed by atoms with van der Waals surface area (Å²) in [5.41, 5.74) is 9.33. The van der Waals surface area contributed by atoms with Crippen LogP contribution in [0.2, 0.25) is 0 Å². The number of hydrogen-bond acceptors (Lipinski definition) is 11. The van der Waals surface area contributed by atoms with Crippen LogP contribution in [0, 0.1) is 6.92 Å². The Hall–Kier alpha value is -3.19. The maximum Gasteiger partial charge on any atom is 0.263 e. The van der Waals surface area contributed by atoms with E-state index in [0.29, 0.717) is 55.4 Å². The van der Waals surface area contributed by atoms with Crippen molar-refractivity contribution in [1.82, 2.24) is 24.8 Å². The Morgan fingerprint density at radius 1 is 1.11 bits per heavy atom. The molecule has 0 aromatic carbocycles. The fourth-order valence-electron chi connectivity index (χ4n) is 4.71. The fraction of sp³-hybridized carbons (Fsp3) is 0.400. The number of carbonyl (C=O) groups excluding carboxylic acids is 1. The first kappa shape index (κ1) is 24.2. The highest BCUT2D eigenvalue weighted by molar-refractivity contribution is 7.23. The standard InChI is InChI=1S/C25H27N7O3S2/c1-14-19-21(37-20(14)15-10-18(36-13-15)24(34)32-4-2-17(33)3-5-32)23(31-6-8-35-9-7-31)30-22(29-19)16-11-27-25(26)28-12-16/h10-13,17,33H,2-9H2,1H3,(H2,26,27,28). The van der Waals surface area contributed by atoms with Gasteiger partial charge in [0.05, 0.1) is 40.0 Å². The number of piperidine rings is 1. The second kappa shape index (κ2) is 9.93. The van der Waals surface area contributed by atoms with Gasteiger partial charge in [0.25, 0.3) is 5.91 Å². The lowest BCUT2D eigenvalue weighted by Crippen LogP contribution is -2.39. The van der Waals surface area contributed by atoms with E-state index in [0.717, 1.165) is 45.1 Å². The second-order valence-corrected chi connectivity index (χ2v) is 11.2. The topological polar surface area (TPSA) is 131 Å². The predicted molar refractivity (Wildman–Crippen MR) is 145 cm³/mol. The molecule has 12 heteroatoms. The van der Waals surface area contributed by atoms with E-state index in [9.17, 15) is 9.90 Å². The van der Waals surface area contributed by atoms with Crippen LogP contribution < -0.4 is 10.6 Å². The molecule has 2 saturated heterocycles. The third kappa shape index (κ3) is 4.65. The van der Waals surface area contributed by atoms with Crippen molar-refractivity contribution in [3.05, 3.63) is 34.3 Å². The van der Waals surface area contributed by atoms with Crippen LogP contribution in [0.25, 0.3) is 32.0 Å². The number of nitrogens with zero attached hydrogens (tertiary/aromatic N) is 6. The maximum absolute atomic E-state index is 13.1. The van der Waals surface area contributed by atoms with Crippen molar-refractivity contribution >= 4 is 50.6 Å². The minimum absolute atomic E-state index is 0.0290. The molecular weight excluding hydrogens is 510 g/mol. The highest BCUT2D eigenvalue weighted by Gasteiger charge is 2.26. The Morgan fingerprint density at radius 3 is 2.57 bits per heavy atom. The average molecular weight is 538 g/mol. The second-order valence-electron chi connectivity index (χ2n) is 9.26. The Morgan fingerprint density at radius 2 is 1.84 bits per heavy atom. The van der Waals surface area contributed by atoms with Crippen molar-refractivity contribution in [3.8, 4) is 21.8 Å².